The summed E-state index contributed by atoms with van der Waals surface area (Å²) >= 11 is 0. The second-order valence-corrected chi connectivity index (χ2v) is 21.5. The van der Waals surface area contributed by atoms with E-state index in [0.717, 1.165) is 44.9 Å². The van der Waals surface area contributed by atoms with Crippen molar-refractivity contribution >= 4 is 11.9 Å². The molecule has 0 amide bonds. The van der Waals surface area contributed by atoms with E-state index < -0.39 is 6.10 Å². The van der Waals surface area contributed by atoms with Crippen molar-refractivity contribution in [3.8, 4) is 0 Å². The maximum atomic E-state index is 12.3. The van der Waals surface area contributed by atoms with E-state index in [0.29, 0.717) is 12.8 Å². The zero-order valence-corrected chi connectivity index (χ0v) is 47.3. The summed E-state index contributed by atoms with van der Waals surface area (Å²) in [4.78, 5) is 24.6. The van der Waals surface area contributed by atoms with Crippen molar-refractivity contribution in [3.63, 3.8) is 0 Å². The number of rotatable bonds is 59. The first-order valence-electron chi connectivity index (χ1n) is 31.5. The van der Waals surface area contributed by atoms with Gasteiger partial charge in [-0.15, -0.1) is 0 Å². The SMILES string of the molecule is CCCCCCC/C=C\C/C=C\C/C=C\CCCCCCCCCCCCCCC(=O)OC(CO)COC(=O)CCCCCCCCCCCCCCCCCCCCCCCCCCCCCCC. The van der Waals surface area contributed by atoms with Crippen LogP contribution in [0, 0.1) is 0 Å². The van der Waals surface area contributed by atoms with Gasteiger partial charge in [0, 0.05) is 12.8 Å². The minimum atomic E-state index is -0.772. The lowest BCUT2D eigenvalue weighted by atomic mass is 10.0. The van der Waals surface area contributed by atoms with Gasteiger partial charge >= 0.3 is 11.9 Å². The molecule has 0 rings (SSSR count). The standard InChI is InChI=1S/C65H122O5/c1-3-5-7-9-11-13-15-17-19-21-23-25-27-29-31-32-34-35-37-39-41-43-45-47-49-51-53-55-57-59-64(67)69-62-63(61-66)70-65(68)60-58-56-54-52-50-48-46-44-42-40-38-36-33-30-28-26-24-22-20-18-16-14-12-10-8-6-4-2/h16,18,22,24,28,30,63,66H,3-15,17,19-21,23,25-27,29,31-62H2,1-2H3/b18-16-,24-22-,30-28-. The van der Waals surface area contributed by atoms with Crippen LogP contribution >= 0.6 is 0 Å². The molecule has 0 aliphatic rings. The topological polar surface area (TPSA) is 72.8 Å². The Kier molecular flexibility index (Phi) is 59.8. The van der Waals surface area contributed by atoms with Crippen LogP contribution in [0.4, 0.5) is 0 Å². The van der Waals surface area contributed by atoms with Gasteiger partial charge in [-0.05, 0) is 51.4 Å². The first-order valence-corrected chi connectivity index (χ1v) is 31.5. The quantitative estimate of drug-likeness (QED) is 0.0373. The Balaban J connectivity index is 3.42. The molecule has 0 fully saturated rings. The highest BCUT2D eigenvalue weighted by Gasteiger charge is 2.16. The molecule has 0 radical (unpaired) electrons. The third-order valence-corrected chi connectivity index (χ3v) is 14.4. The van der Waals surface area contributed by atoms with E-state index in [9.17, 15) is 14.7 Å². The summed E-state index contributed by atoms with van der Waals surface area (Å²) in [7, 11) is 0. The summed E-state index contributed by atoms with van der Waals surface area (Å²) in [6.45, 7) is 4.18. The van der Waals surface area contributed by atoms with Crippen molar-refractivity contribution in [2.45, 2.75) is 354 Å². The largest absolute Gasteiger partial charge is 0.462 e. The van der Waals surface area contributed by atoms with Crippen molar-refractivity contribution < 1.29 is 24.2 Å². The molecule has 0 aromatic heterocycles. The molecule has 0 bridgehead atoms. The molecule has 5 heteroatoms. The van der Waals surface area contributed by atoms with E-state index in [1.165, 1.54) is 276 Å². The predicted molar refractivity (Wildman–Crippen MR) is 307 cm³/mol. The first-order chi connectivity index (χ1) is 34.6. The fraction of sp³-hybridized carbons (Fsp3) is 0.877. The number of allylic oxidation sites excluding steroid dienone is 6. The number of aliphatic hydroxyl groups excluding tert-OH is 1. The van der Waals surface area contributed by atoms with Gasteiger partial charge in [-0.2, -0.15) is 0 Å². The van der Waals surface area contributed by atoms with E-state index >= 15 is 0 Å². The van der Waals surface area contributed by atoms with Crippen LogP contribution in [0.15, 0.2) is 36.5 Å². The molecule has 0 aromatic carbocycles. The number of hydrogen-bond donors (Lipinski definition) is 1. The van der Waals surface area contributed by atoms with Gasteiger partial charge in [-0.1, -0.05) is 320 Å². The number of ether oxygens (including phenoxy) is 2. The smallest absolute Gasteiger partial charge is 0.306 e. The zero-order valence-electron chi connectivity index (χ0n) is 47.3. The summed E-state index contributed by atoms with van der Waals surface area (Å²) in [5, 5.41) is 9.68. The number of aliphatic hydroxyl groups is 1. The minimum Gasteiger partial charge on any atom is -0.462 e. The Morgan fingerprint density at radius 1 is 0.329 bits per heavy atom. The van der Waals surface area contributed by atoms with Crippen LogP contribution < -0.4 is 0 Å². The lowest BCUT2D eigenvalue weighted by molar-refractivity contribution is -0.161. The van der Waals surface area contributed by atoms with Gasteiger partial charge in [0.05, 0.1) is 6.61 Å². The normalized spacial score (nSPS) is 12.3. The van der Waals surface area contributed by atoms with Crippen molar-refractivity contribution in [1.82, 2.24) is 0 Å². The first kappa shape index (κ1) is 68.1. The average Bonchev–Trinajstić information content (AvgIpc) is 3.36. The molecule has 5 nitrogen and oxygen atoms in total. The van der Waals surface area contributed by atoms with Gasteiger partial charge in [0.15, 0.2) is 6.10 Å². The van der Waals surface area contributed by atoms with Gasteiger partial charge < -0.3 is 14.6 Å². The van der Waals surface area contributed by atoms with Gasteiger partial charge in [-0.3, -0.25) is 9.59 Å². The second-order valence-electron chi connectivity index (χ2n) is 21.5. The maximum Gasteiger partial charge on any atom is 0.306 e. The Morgan fingerprint density at radius 2 is 0.571 bits per heavy atom. The van der Waals surface area contributed by atoms with Crippen molar-refractivity contribution in [3.05, 3.63) is 36.5 Å². The highest BCUT2D eigenvalue weighted by molar-refractivity contribution is 5.70. The molecule has 0 aliphatic carbocycles. The fourth-order valence-corrected chi connectivity index (χ4v) is 9.69. The average molecular weight is 984 g/mol. The molecule has 0 spiro atoms. The van der Waals surface area contributed by atoms with Crippen LogP contribution in [0.2, 0.25) is 0 Å². The lowest BCUT2D eigenvalue weighted by Gasteiger charge is -2.15. The minimum absolute atomic E-state index is 0.0615. The van der Waals surface area contributed by atoms with Crippen molar-refractivity contribution in [1.29, 1.82) is 0 Å². The lowest BCUT2D eigenvalue weighted by Crippen LogP contribution is -2.28. The Morgan fingerprint density at radius 3 is 0.857 bits per heavy atom. The molecule has 1 atom stereocenters. The van der Waals surface area contributed by atoms with Crippen LogP contribution in [0.3, 0.4) is 0 Å². The predicted octanol–water partition coefficient (Wildman–Crippen LogP) is 21.4. The number of hydrogen-bond acceptors (Lipinski definition) is 5. The number of unbranched alkanes of at least 4 members (excludes halogenated alkanes) is 45. The number of esters is 2. The molecule has 0 aliphatic heterocycles. The maximum absolute atomic E-state index is 12.3. The summed E-state index contributed by atoms with van der Waals surface area (Å²) in [5.41, 5.74) is 0. The van der Waals surface area contributed by atoms with E-state index in [1.807, 2.05) is 0 Å². The third-order valence-electron chi connectivity index (χ3n) is 14.4. The molecule has 1 N–H and O–H groups in total. The van der Waals surface area contributed by atoms with Gasteiger partial charge in [0.25, 0.3) is 0 Å². The number of carbonyl (C=O) groups excluding carboxylic acids is 2. The summed E-state index contributed by atoms with van der Waals surface area (Å²) in [6, 6.07) is 0. The zero-order chi connectivity index (χ0) is 50.6. The second kappa shape index (κ2) is 61.4. The molecule has 0 saturated carbocycles. The molecule has 1 unspecified atom stereocenters. The van der Waals surface area contributed by atoms with Gasteiger partial charge in [-0.25, -0.2) is 0 Å². The van der Waals surface area contributed by atoms with E-state index in [1.54, 1.807) is 0 Å². The molecule has 412 valence electrons. The van der Waals surface area contributed by atoms with Crippen molar-refractivity contribution in [2.24, 2.45) is 0 Å². The van der Waals surface area contributed by atoms with E-state index in [2.05, 4.69) is 50.3 Å². The fourth-order valence-electron chi connectivity index (χ4n) is 9.69. The van der Waals surface area contributed by atoms with E-state index in [-0.39, 0.29) is 25.2 Å². The Bertz CT molecular complexity index is 1110. The van der Waals surface area contributed by atoms with Crippen LogP contribution in [0.5, 0.6) is 0 Å². The molecule has 0 heterocycles. The summed E-state index contributed by atoms with van der Waals surface area (Å²) < 4.78 is 10.7. The van der Waals surface area contributed by atoms with Gasteiger partial charge in [0.2, 0.25) is 0 Å². The Hall–Kier alpha value is -1.88. The monoisotopic (exact) mass is 983 g/mol. The molecule has 0 saturated heterocycles. The Labute approximate surface area is 437 Å². The molecular weight excluding hydrogens is 861 g/mol. The highest BCUT2D eigenvalue weighted by atomic mass is 16.6. The van der Waals surface area contributed by atoms with E-state index in [4.69, 9.17) is 9.47 Å². The van der Waals surface area contributed by atoms with Crippen LogP contribution in [-0.4, -0.2) is 36.4 Å². The summed E-state index contributed by atoms with van der Waals surface area (Å²) in [5.74, 6) is -0.573. The van der Waals surface area contributed by atoms with Crippen LogP contribution in [0.1, 0.15) is 348 Å². The molecule has 0 aromatic rings. The van der Waals surface area contributed by atoms with Crippen LogP contribution in [0.25, 0.3) is 0 Å². The highest BCUT2D eigenvalue weighted by Crippen LogP contribution is 2.18. The van der Waals surface area contributed by atoms with Gasteiger partial charge in [0.1, 0.15) is 6.61 Å². The van der Waals surface area contributed by atoms with Crippen LogP contribution in [-0.2, 0) is 19.1 Å². The summed E-state index contributed by atoms with van der Waals surface area (Å²) in [6.07, 6.45) is 80.1. The van der Waals surface area contributed by atoms with Crippen molar-refractivity contribution in [2.75, 3.05) is 13.2 Å². The third kappa shape index (κ3) is 58.7. The molecule has 70 heavy (non-hydrogen) atoms. The number of carbonyl (C=O) groups is 2. The molecular formula is C65H122O5.